The molecular weight excluding hydrogens is 322 g/mol. The lowest BCUT2D eigenvalue weighted by Crippen LogP contribution is -2.44. The van der Waals surface area contributed by atoms with E-state index in [-0.39, 0.29) is 30.8 Å². The van der Waals surface area contributed by atoms with Crippen molar-refractivity contribution in [3.05, 3.63) is 0 Å². The molecular formula is C18H31N3O4. The molecule has 1 aliphatic carbocycles. The van der Waals surface area contributed by atoms with E-state index in [1.807, 2.05) is 23.9 Å². The van der Waals surface area contributed by atoms with Crippen LogP contribution >= 0.6 is 0 Å². The summed E-state index contributed by atoms with van der Waals surface area (Å²) >= 11 is 0. The van der Waals surface area contributed by atoms with Crippen LogP contribution in [-0.2, 0) is 14.4 Å². The minimum atomic E-state index is -1.02. The van der Waals surface area contributed by atoms with Gasteiger partial charge in [0.1, 0.15) is 6.54 Å². The molecule has 0 spiro atoms. The first-order valence-corrected chi connectivity index (χ1v) is 9.33. The Kier molecular flexibility index (Phi) is 7.23. The Balaban J connectivity index is 1.99. The lowest BCUT2D eigenvalue weighted by atomic mass is 10.1. The normalized spacial score (nSPS) is 22.3. The maximum atomic E-state index is 12.8. The van der Waals surface area contributed by atoms with Gasteiger partial charge >= 0.3 is 5.97 Å². The summed E-state index contributed by atoms with van der Waals surface area (Å²) < 4.78 is 0. The molecule has 0 aromatic carbocycles. The summed E-state index contributed by atoms with van der Waals surface area (Å²) in [6.07, 6.45) is 6.98. The van der Waals surface area contributed by atoms with Gasteiger partial charge in [0, 0.05) is 32.1 Å². The first-order chi connectivity index (χ1) is 11.9. The van der Waals surface area contributed by atoms with E-state index < -0.39 is 11.9 Å². The Labute approximate surface area is 149 Å². The molecule has 2 amide bonds. The SMILES string of the molecule is CN(C)CCN(CC(=O)O)C(=O)[C@H]1CC(=O)N(C2CCCCCC2)C1. The molecule has 1 aliphatic heterocycles. The fraction of sp³-hybridized carbons (Fsp3) is 0.833. The van der Waals surface area contributed by atoms with Crippen LogP contribution in [0.2, 0.25) is 0 Å². The lowest BCUT2D eigenvalue weighted by Gasteiger charge is -2.28. The third-order valence-electron chi connectivity index (χ3n) is 5.23. The molecule has 25 heavy (non-hydrogen) atoms. The maximum absolute atomic E-state index is 12.8. The summed E-state index contributed by atoms with van der Waals surface area (Å²) in [5, 5.41) is 9.10. The summed E-state index contributed by atoms with van der Waals surface area (Å²) in [6, 6.07) is 0.252. The minimum Gasteiger partial charge on any atom is -0.480 e. The zero-order valence-corrected chi connectivity index (χ0v) is 15.4. The predicted octanol–water partition coefficient (Wildman–Crippen LogP) is 1.03. The van der Waals surface area contributed by atoms with Crippen molar-refractivity contribution in [1.29, 1.82) is 0 Å². The van der Waals surface area contributed by atoms with Gasteiger partial charge in [0.2, 0.25) is 11.8 Å². The Morgan fingerprint density at radius 3 is 2.32 bits per heavy atom. The van der Waals surface area contributed by atoms with Crippen LogP contribution in [0.1, 0.15) is 44.9 Å². The molecule has 0 aromatic heterocycles. The van der Waals surface area contributed by atoms with Crippen LogP contribution in [0.25, 0.3) is 0 Å². The Bertz CT molecular complexity index is 487. The zero-order valence-electron chi connectivity index (χ0n) is 15.4. The monoisotopic (exact) mass is 353 g/mol. The molecule has 7 nitrogen and oxygen atoms in total. The van der Waals surface area contributed by atoms with E-state index in [0.717, 1.165) is 25.7 Å². The third-order valence-corrected chi connectivity index (χ3v) is 5.23. The van der Waals surface area contributed by atoms with Crippen molar-refractivity contribution in [2.45, 2.75) is 51.0 Å². The van der Waals surface area contributed by atoms with E-state index in [1.165, 1.54) is 17.7 Å². The van der Waals surface area contributed by atoms with Gasteiger partial charge in [0.25, 0.3) is 0 Å². The van der Waals surface area contributed by atoms with Gasteiger partial charge in [-0.1, -0.05) is 25.7 Å². The molecule has 0 aromatic rings. The van der Waals surface area contributed by atoms with Crippen molar-refractivity contribution < 1.29 is 19.5 Å². The van der Waals surface area contributed by atoms with Crippen LogP contribution in [0.3, 0.4) is 0 Å². The molecule has 1 saturated heterocycles. The first kappa shape index (κ1) is 19.7. The highest BCUT2D eigenvalue weighted by Gasteiger charge is 2.39. The van der Waals surface area contributed by atoms with E-state index >= 15 is 0 Å². The number of hydrogen-bond donors (Lipinski definition) is 1. The van der Waals surface area contributed by atoms with E-state index in [0.29, 0.717) is 19.6 Å². The van der Waals surface area contributed by atoms with Crippen LogP contribution in [-0.4, -0.2) is 83.9 Å². The lowest BCUT2D eigenvalue weighted by molar-refractivity contribution is -0.146. The second-order valence-electron chi connectivity index (χ2n) is 7.55. The van der Waals surface area contributed by atoms with Crippen molar-refractivity contribution in [2.75, 3.05) is 40.3 Å². The van der Waals surface area contributed by atoms with Gasteiger partial charge in [-0.05, 0) is 26.9 Å². The van der Waals surface area contributed by atoms with Crippen molar-refractivity contribution in [1.82, 2.24) is 14.7 Å². The number of likely N-dealkylation sites (tertiary alicyclic amines) is 1. The summed E-state index contributed by atoms with van der Waals surface area (Å²) in [6.45, 7) is 1.11. The number of aliphatic carboxylic acids is 1. The van der Waals surface area contributed by atoms with Gasteiger partial charge < -0.3 is 19.8 Å². The molecule has 0 unspecified atom stereocenters. The largest absolute Gasteiger partial charge is 0.480 e. The molecule has 0 radical (unpaired) electrons. The number of nitrogens with zero attached hydrogens (tertiary/aromatic N) is 3. The van der Waals surface area contributed by atoms with E-state index in [4.69, 9.17) is 5.11 Å². The van der Waals surface area contributed by atoms with Crippen molar-refractivity contribution in [3.8, 4) is 0 Å². The van der Waals surface area contributed by atoms with Gasteiger partial charge in [0.15, 0.2) is 0 Å². The Hall–Kier alpha value is -1.63. The van der Waals surface area contributed by atoms with Gasteiger partial charge in [-0.2, -0.15) is 0 Å². The van der Waals surface area contributed by atoms with Gasteiger partial charge in [-0.15, -0.1) is 0 Å². The molecule has 1 atom stereocenters. The fourth-order valence-electron chi connectivity index (χ4n) is 3.83. The van der Waals surface area contributed by atoms with Crippen LogP contribution in [0, 0.1) is 5.92 Å². The fourth-order valence-corrected chi connectivity index (χ4v) is 3.83. The number of carbonyl (C=O) groups excluding carboxylic acids is 2. The standard InChI is InChI=1S/C18H31N3O4/c1-19(2)9-10-20(13-17(23)24)18(25)14-11-16(22)21(12-14)15-7-5-3-4-6-8-15/h14-15H,3-13H2,1-2H3,(H,23,24)/t14-/m0/s1. The summed E-state index contributed by atoms with van der Waals surface area (Å²) in [7, 11) is 3.77. The summed E-state index contributed by atoms with van der Waals surface area (Å²) in [4.78, 5) is 41.5. The van der Waals surface area contributed by atoms with Crippen LogP contribution in [0.5, 0.6) is 0 Å². The third kappa shape index (κ3) is 5.70. The van der Waals surface area contributed by atoms with Crippen LogP contribution < -0.4 is 0 Å². The number of likely N-dealkylation sites (N-methyl/N-ethyl adjacent to an activating group) is 1. The Morgan fingerprint density at radius 1 is 1.12 bits per heavy atom. The number of carboxylic acids is 1. The number of carboxylic acid groups (broad SMARTS) is 1. The minimum absolute atomic E-state index is 0.0492. The van der Waals surface area contributed by atoms with Crippen molar-refractivity contribution in [3.63, 3.8) is 0 Å². The average Bonchev–Trinajstić information content (AvgIpc) is 2.76. The highest BCUT2D eigenvalue weighted by molar-refractivity contribution is 5.90. The smallest absolute Gasteiger partial charge is 0.323 e. The molecule has 2 aliphatic rings. The van der Waals surface area contributed by atoms with Gasteiger partial charge in [0.05, 0.1) is 5.92 Å². The second kappa shape index (κ2) is 9.17. The quantitative estimate of drug-likeness (QED) is 0.692. The van der Waals surface area contributed by atoms with Gasteiger partial charge in [-0.3, -0.25) is 14.4 Å². The topological polar surface area (TPSA) is 81.2 Å². The van der Waals surface area contributed by atoms with E-state index in [1.54, 1.807) is 0 Å². The molecule has 1 heterocycles. The molecule has 1 saturated carbocycles. The first-order valence-electron chi connectivity index (χ1n) is 9.33. The molecule has 2 rings (SSSR count). The predicted molar refractivity (Wildman–Crippen MR) is 94.1 cm³/mol. The molecule has 2 fully saturated rings. The van der Waals surface area contributed by atoms with Crippen LogP contribution in [0.15, 0.2) is 0 Å². The average molecular weight is 353 g/mol. The van der Waals surface area contributed by atoms with Crippen molar-refractivity contribution in [2.24, 2.45) is 5.92 Å². The van der Waals surface area contributed by atoms with E-state index in [9.17, 15) is 14.4 Å². The maximum Gasteiger partial charge on any atom is 0.323 e. The summed E-state index contributed by atoms with van der Waals surface area (Å²) in [5.74, 6) is -1.57. The molecule has 0 bridgehead atoms. The zero-order chi connectivity index (χ0) is 18.4. The molecule has 7 heteroatoms. The second-order valence-corrected chi connectivity index (χ2v) is 7.55. The number of carbonyl (C=O) groups is 3. The number of hydrogen-bond acceptors (Lipinski definition) is 4. The number of amides is 2. The molecule has 1 N–H and O–H groups in total. The van der Waals surface area contributed by atoms with Crippen molar-refractivity contribution >= 4 is 17.8 Å². The highest BCUT2D eigenvalue weighted by Crippen LogP contribution is 2.28. The highest BCUT2D eigenvalue weighted by atomic mass is 16.4. The Morgan fingerprint density at radius 2 is 1.76 bits per heavy atom. The molecule has 142 valence electrons. The van der Waals surface area contributed by atoms with Crippen LogP contribution in [0.4, 0.5) is 0 Å². The summed E-state index contributed by atoms with van der Waals surface area (Å²) in [5.41, 5.74) is 0. The van der Waals surface area contributed by atoms with E-state index in [2.05, 4.69) is 0 Å². The number of rotatable bonds is 7. The van der Waals surface area contributed by atoms with Gasteiger partial charge in [-0.25, -0.2) is 0 Å².